The molecular weight excluding hydrogens is 206 g/mol. The molecule has 0 radical (unpaired) electrons. The standard InChI is InChI=1S/C12H21NO3/c1-6-7-10(13-5)16-9(4)11(8(2)3)12(14)15/h8,11H,4,6-7H2,1-3,5H3,(H,14,15). The van der Waals surface area contributed by atoms with Crippen LogP contribution in [0.3, 0.4) is 0 Å². The van der Waals surface area contributed by atoms with Crippen molar-refractivity contribution in [1.29, 1.82) is 0 Å². The maximum absolute atomic E-state index is 11.0. The Morgan fingerprint density at radius 2 is 2.06 bits per heavy atom. The van der Waals surface area contributed by atoms with Crippen molar-refractivity contribution >= 4 is 11.9 Å². The molecule has 1 unspecified atom stereocenters. The lowest BCUT2D eigenvalue weighted by molar-refractivity contribution is -0.142. The van der Waals surface area contributed by atoms with Crippen molar-refractivity contribution in [2.75, 3.05) is 7.05 Å². The van der Waals surface area contributed by atoms with Gasteiger partial charge in [-0.1, -0.05) is 27.4 Å². The summed E-state index contributed by atoms with van der Waals surface area (Å²) in [5, 5.41) is 9.05. The average molecular weight is 227 g/mol. The van der Waals surface area contributed by atoms with Gasteiger partial charge >= 0.3 is 5.97 Å². The predicted molar refractivity (Wildman–Crippen MR) is 64.5 cm³/mol. The second-order valence-corrected chi connectivity index (χ2v) is 4.00. The predicted octanol–water partition coefficient (Wildman–Crippen LogP) is 2.70. The van der Waals surface area contributed by atoms with Crippen LogP contribution in [0.1, 0.15) is 33.6 Å². The number of hydrogen-bond donors (Lipinski definition) is 1. The van der Waals surface area contributed by atoms with Gasteiger partial charge in [-0.2, -0.15) is 0 Å². The number of aliphatic carboxylic acids is 1. The first-order valence-corrected chi connectivity index (χ1v) is 5.49. The monoisotopic (exact) mass is 227 g/mol. The van der Waals surface area contributed by atoms with Crippen LogP contribution < -0.4 is 0 Å². The Kier molecular flexibility index (Phi) is 6.46. The maximum Gasteiger partial charge on any atom is 0.314 e. The van der Waals surface area contributed by atoms with Crippen LogP contribution in [0, 0.1) is 11.8 Å². The summed E-state index contributed by atoms with van der Waals surface area (Å²) >= 11 is 0. The van der Waals surface area contributed by atoms with Gasteiger partial charge in [0.05, 0.1) is 0 Å². The second kappa shape index (κ2) is 7.04. The van der Waals surface area contributed by atoms with Crippen molar-refractivity contribution < 1.29 is 14.6 Å². The van der Waals surface area contributed by atoms with Crippen molar-refractivity contribution in [2.24, 2.45) is 16.8 Å². The van der Waals surface area contributed by atoms with Gasteiger partial charge in [0.15, 0.2) is 5.90 Å². The van der Waals surface area contributed by atoms with Crippen LogP contribution >= 0.6 is 0 Å². The van der Waals surface area contributed by atoms with E-state index in [0.29, 0.717) is 12.3 Å². The first-order chi connectivity index (χ1) is 7.43. The topological polar surface area (TPSA) is 58.9 Å². The lowest BCUT2D eigenvalue weighted by Gasteiger charge is -2.19. The summed E-state index contributed by atoms with van der Waals surface area (Å²) in [6, 6.07) is 0. The molecule has 0 aromatic rings. The Morgan fingerprint density at radius 3 is 2.38 bits per heavy atom. The molecule has 0 aromatic carbocycles. The lowest BCUT2D eigenvalue weighted by Crippen LogP contribution is -2.24. The van der Waals surface area contributed by atoms with Crippen LogP contribution in [0.2, 0.25) is 0 Å². The molecule has 4 heteroatoms. The summed E-state index contributed by atoms with van der Waals surface area (Å²) in [4.78, 5) is 15.0. The summed E-state index contributed by atoms with van der Waals surface area (Å²) in [6.45, 7) is 9.35. The molecule has 0 aliphatic heterocycles. The van der Waals surface area contributed by atoms with E-state index in [1.54, 1.807) is 7.05 Å². The molecule has 1 N–H and O–H groups in total. The third kappa shape index (κ3) is 4.47. The summed E-state index contributed by atoms with van der Waals surface area (Å²) in [7, 11) is 1.63. The molecule has 16 heavy (non-hydrogen) atoms. The van der Waals surface area contributed by atoms with Gasteiger partial charge in [0.2, 0.25) is 0 Å². The van der Waals surface area contributed by atoms with Gasteiger partial charge < -0.3 is 9.84 Å². The molecule has 0 amide bonds. The molecule has 0 aliphatic rings. The van der Waals surface area contributed by atoms with Gasteiger partial charge in [0, 0.05) is 13.5 Å². The number of aliphatic imine (C=N–C) groups is 1. The van der Waals surface area contributed by atoms with Crippen LogP contribution in [0.25, 0.3) is 0 Å². The first kappa shape index (κ1) is 14.7. The lowest BCUT2D eigenvalue weighted by atomic mass is 9.94. The zero-order chi connectivity index (χ0) is 12.7. The van der Waals surface area contributed by atoms with Crippen molar-refractivity contribution in [3.05, 3.63) is 12.3 Å². The SMILES string of the molecule is C=C(OC(CCC)=NC)C(C(=O)O)C(C)C. The zero-order valence-corrected chi connectivity index (χ0v) is 10.5. The number of carboxylic acids is 1. The molecule has 0 spiro atoms. The largest absolute Gasteiger partial charge is 0.481 e. The average Bonchev–Trinajstić information content (AvgIpc) is 2.15. The molecule has 0 bridgehead atoms. The normalized spacial score (nSPS) is 13.7. The summed E-state index contributed by atoms with van der Waals surface area (Å²) in [5.41, 5.74) is 0. The van der Waals surface area contributed by atoms with E-state index in [1.165, 1.54) is 0 Å². The summed E-state index contributed by atoms with van der Waals surface area (Å²) < 4.78 is 5.40. The fourth-order valence-corrected chi connectivity index (χ4v) is 1.43. The van der Waals surface area contributed by atoms with Gasteiger partial charge in [-0.05, 0) is 12.3 Å². The molecule has 0 aromatic heterocycles. The van der Waals surface area contributed by atoms with Crippen LogP contribution in [0.4, 0.5) is 0 Å². The minimum Gasteiger partial charge on any atom is -0.481 e. The summed E-state index contributed by atoms with van der Waals surface area (Å²) in [6.07, 6.45) is 1.60. The van der Waals surface area contributed by atoms with Crippen molar-refractivity contribution in [1.82, 2.24) is 0 Å². The van der Waals surface area contributed by atoms with E-state index in [-0.39, 0.29) is 11.7 Å². The highest BCUT2D eigenvalue weighted by atomic mass is 16.5. The van der Waals surface area contributed by atoms with Crippen molar-refractivity contribution in [2.45, 2.75) is 33.6 Å². The Hall–Kier alpha value is -1.32. The van der Waals surface area contributed by atoms with Gasteiger partial charge in [-0.25, -0.2) is 0 Å². The molecular formula is C12H21NO3. The van der Waals surface area contributed by atoms with E-state index in [0.717, 1.165) is 6.42 Å². The van der Waals surface area contributed by atoms with E-state index in [1.807, 2.05) is 20.8 Å². The van der Waals surface area contributed by atoms with Gasteiger partial charge in [-0.3, -0.25) is 9.79 Å². The molecule has 0 heterocycles. The molecule has 0 saturated carbocycles. The molecule has 92 valence electrons. The van der Waals surface area contributed by atoms with Crippen LogP contribution in [-0.4, -0.2) is 24.0 Å². The fraction of sp³-hybridized carbons (Fsp3) is 0.667. The highest BCUT2D eigenvalue weighted by molar-refractivity contribution is 5.79. The quantitative estimate of drug-likeness (QED) is 0.431. The Bertz CT molecular complexity index is 282. The summed E-state index contributed by atoms with van der Waals surface area (Å²) in [5.74, 6) is -0.846. The number of carbonyl (C=O) groups is 1. The second-order valence-electron chi connectivity index (χ2n) is 4.00. The van der Waals surface area contributed by atoms with E-state index >= 15 is 0 Å². The minimum atomic E-state index is -0.910. The Balaban J connectivity index is 4.59. The van der Waals surface area contributed by atoms with Crippen LogP contribution in [-0.2, 0) is 9.53 Å². The molecule has 0 fully saturated rings. The fourth-order valence-electron chi connectivity index (χ4n) is 1.43. The number of nitrogens with zero attached hydrogens (tertiary/aromatic N) is 1. The van der Waals surface area contributed by atoms with Crippen LogP contribution in [0.15, 0.2) is 17.3 Å². The van der Waals surface area contributed by atoms with E-state index < -0.39 is 11.9 Å². The third-order valence-corrected chi connectivity index (χ3v) is 2.24. The smallest absolute Gasteiger partial charge is 0.314 e. The zero-order valence-electron chi connectivity index (χ0n) is 10.5. The van der Waals surface area contributed by atoms with Crippen LogP contribution in [0.5, 0.6) is 0 Å². The Morgan fingerprint density at radius 1 is 1.50 bits per heavy atom. The van der Waals surface area contributed by atoms with Gasteiger partial charge in [0.1, 0.15) is 11.7 Å². The number of ether oxygens (including phenoxy) is 1. The third-order valence-electron chi connectivity index (χ3n) is 2.24. The molecule has 1 atom stereocenters. The van der Waals surface area contributed by atoms with Crippen molar-refractivity contribution in [3.63, 3.8) is 0 Å². The van der Waals surface area contributed by atoms with Gasteiger partial charge in [-0.15, -0.1) is 0 Å². The van der Waals surface area contributed by atoms with E-state index in [9.17, 15) is 4.79 Å². The number of hydrogen-bond acceptors (Lipinski definition) is 3. The maximum atomic E-state index is 11.0. The van der Waals surface area contributed by atoms with Gasteiger partial charge in [0.25, 0.3) is 0 Å². The molecule has 0 rings (SSSR count). The Labute approximate surface area is 97.0 Å². The number of carboxylic acid groups (broad SMARTS) is 1. The highest BCUT2D eigenvalue weighted by Crippen LogP contribution is 2.21. The van der Waals surface area contributed by atoms with Crippen molar-refractivity contribution in [3.8, 4) is 0 Å². The molecule has 0 saturated heterocycles. The first-order valence-electron chi connectivity index (χ1n) is 5.49. The molecule has 0 aliphatic carbocycles. The highest BCUT2D eigenvalue weighted by Gasteiger charge is 2.26. The minimum absolute atomic E-state index is 0.0512. The molecule has 4 nitrogen and oxygen atoms in total. The van der Waals surface area contributed by atoms with E-state index in [4.69, 9.17) is 9.84 Å². The van der Waals surface area contributed by atoms with E-state index in [2.05, 4.69) is 11.6 Å². The number of rotatable bonds is 6.